The van der Waals surface area contributed by atoms with E-state index in [2.05, 4.69) is 15.0 Å². The van der Waals surface area contributed by atoms with Gasteiger partial charge in [-0.05, 0) is 26.0 Å². The van der Waals surface area contributed by atoms with Crippen molar-refractivity contribution in [2.75, 3.05) is 40.4 Å². The number of allylic oxidation sites excluding steroid dienone is 1. The Morgan fingerprint density at radius 1 is 1.09 bits per heavy atom. The van der Waals surface area contributed by atoms with Gasteiger partial charge >= 0.3 is 0 Å². The van der Waals surface area contributed by atoms with Gasteiger partial charge in [-0.1, -0.05) is 47.1 Å². The molecule has 1 aliphatic rings. The molecule has 1 aliphatic heterocycles. The van der Waals surface area contributed by atoms with Gasteiger partial charge in [0, 0.05) is 42.9 Å². The molecule has 8 heteroatoms. The summed E-state index contributed by atoms with van der Waals surface area (Å²) in [5.74, 6) is 2.30. The van der Waals surface area contributed by atoms with Crippen molar-refractivity contribution in [2.24, 2.45) is 0 Å². The van der Waals surface area contributed by atoms with Crippen LogP contribution in [0.3, 0.4) is 0 Å². The molecule has 0 atom stereocenters. The van der Waals surface area contributed by atoms with Gasteiger partial charge in [-0.2, -0.15) is 4.98 Å². The fraction of sp³-hybridized carbons (Fsp3) is 0.346. The van der Waals surface area contributed by atoms with E-state index in [1.807, 2.05) is 61.2 Å². The summed E-state index contributed by atoms with van der Waals surface area (Å²) in [4.78, 5) is 21.8. The summed E-state index contributed by atoms with van der Waals surface area (Å²) >= 11 is 0. The minimum Gasteiger partial charge on any atom is -0.493 e. The highest BCUT2D eigenvalue weighted by atomic mass is 16.5. The van der Waals surface area contributed by atoms with Crippen LogP contribution in [-0.2, 0) is 6.54 Å². The van der Waals surface area contributed by atoms with E-state index in [-0.39, 0.29) is 5.91 Å². The lowest BCUT2D eigenvalue weighted by Crippen LogP contribution is -2.48. The molecule has 178 valence electrons. The number of hydrogen-bond acceptors (Lipinski definition) is 7. The van der Waals surface area contributed by atoms with Crippen LogP contribution in [0.15, 0.2) is 47.0 Å². The molecule has 8 nitrogen and oxygen atoms in total. The fourth-order valence-corrected chi connectivity index (χ4v) is 4.04. The molecule has 3 aromatic rings. The second-order valence-corrected chi connectivity index (χ2v) is 8.25. The number of piperazine rings is 1. The van der Waals surface area contributed by atoms with Crippen LogP contribution in [0.5, 0.6) is 11.5 Å². The van der Waals surface area contributed by atoms with Crippen LogP contribution >= 0.6 is 0 Å². The van der Waals surface area contributed by atoms with Crippen molar-refractivity contribution in [1.29, 1.82) is 0 Å². The first-order valence-corrected chi connectivity index (χ1v) is 11.3. The number of aryl methyl sites for hydroxylation is 1. The average molecular weight is 463 g/mol. The monoisotopic (exact) mass is 462 g/mol. The van der Waals surface area contributed by atoms with Crippen molar-refractivity contribution in [3.63, 3.8) is 0 Å². The van der Waals surface area contributed by atoms with E-state index in [1.165, 1.54) is 5.56 Å². The Balaban J connectivity index is 1.39. The number of carbonyl (C=O) groups is 1. The third kappa shape index (κ3) is 5.12. The lowest BCUT2D eigenvalue weighted by atomic mass is 10.1. The van der Waals surface area contributed by atoms with E-state index in [4.69, 9.17) is 14.0 Å². The van der Waals surface area contributed by atoms with E-state index >= 15 is 0 Å². The summed E-state index contributed by atoms with van der Waals surface area (Å²) in [5, 5.41) is 4.11. The number of ether oxygens (including phenoxy) is 2. The van der Waals surface area contributed by atoms with Gasteiger partial charge in [0.2, 0.25) is 11.7 Å². The molecule has 0 bridgehead atoms. The molecule has 4 rings (SSSR count). The molecule has 0 saturated carbocycles. The van der Waals surface area contributed by atoms with Gasteiger partial charge in [0.25, 0.3) is 5.91 Å². The third-order valence-electron chi connectivity index (χ3n) is 5.90. The van der Waals surface area contributed by atoms with E-state index in [0.717, 1.165) is 24.2 Å². The van der Waals surface area contributed by atoms with Gasteiger partial charge < -0.3 is 18.9 Å². The number of hydrogen-bond donors (Lipinski definition) is 0. The summed E-state index contributed by atoms with van der Waals surface area (Å²) in [7, 11) is 3.17. The first-order valence-electron chi connectivity index (χ1n) is 11.3. The average Bonchev–Trinajstić information content (AvgIpc) is 3.32. The molecule has 34 heavy (non-hydrogen) atoms. The maximum Gasteiger partial charge on any atom is 0.254 e. The van der Waals surface area contributed by atoms with Crippen molar-refractivity contribution < 1.29 is 18.8 Å². The Hall–Kier alpha value is -3.65. The van der Waals surface area contributed by atoms with E-state index in [0.29, 0.717) is 48.4 Å². The molecule has 2 aromatic carbocycles. The molecule has 1 saturated heterocycles. The number of amides is 1. The zero-order chi connectivity index (χ0) is 24.1. The van der Waals surface area contributed by atoms with Gasteiger partial charge in [0.1, 0.15) is 0 Å². The number of benzene rings is 2. The number of nitrogens with zero attached hydrogens (tertiary/aromatic N) is 4. The van der Waals surface area contributed by atoms with Crippen molar-refractivity contribution in [1.82, 2.24) is 19.9 Å². The van der Waals surface area contributed by atoms with Crippen LogP contribution in [0.1, 0.15) is 34.3 Å². The fourth-order valence-electron chi connectivity index (χ4n) is 4.04. The SMILES string of the molecule is CC=Cc1cc(C(=O)N2CCN(Cc3nc(-c4ccc(C)cc4)no3)CC2)cc(OC)c1OC. The lowest BCUT2D eigenvalue weighted by molar-refractivity contribution is 0.0614. The van der Waals surface area contributed by atoms with Crippen molar-refractivity contribution >= 4 is 12.0 Å². The van der Waals surface area contributed by atoms with Gasteiger partial charge in [-0.3, -0.25) is 9.69 Å². The first-order chi connectivity index (χ1) is 16.5. The summed E-state index contributed by atoms with van der Waals surface area (Å²) < 4.78 is 16.4. The highest BCUT2D eigenvalue weighted by Gasteiger charge is 2.25. The molecule has 1 aromatic heterocycles. The summed E-state index contributed by atoms with van der Waals surface area (Å²) in [5.41, 5.74) is 3.51. The second-order valence-electron chi connectivity index (χ2n) is 8.25. The minimum absolute atomic E-state index is 0.0224. The molecule has 0 N–H and O–H groups in total. The summed E-state index contributed by atoms with van der Waals surface area (Å²) in [6.07, 6.45) is 3.82. The normalized spacial score (nSPS) is 14.5. The molecule has 2 heterocycles. The van der Waals surface area contributed by atoms with Gasteiger partial charge in [-0.15, -0.1) is 0 Å². The van der Waals surface area contributed by atoms with Crippen LogP contribution in [0.25, 0.3) is 17.5 Å². The molecule has 1 amide bonds. The van der Waals surface area contributed by atoms with Crippen LogP contribution in [-0.4, -0.2) is 66.2 Å². The lowest BCUT2D eigenvalue weighted by Gasteiger charge is -2.34. The highest BCUT2D eigenvalue weighted by Crippen LogP contribution is 2.34. The predicted octanol–water partition coefficient (Wildman–Crippen LogP) is 4.05. The van der Waals surface area contributed by atoms with Gasteiger partial charge in [-0.25, -0.2) is 0 Å². The first kappa shape index (κ1) is 23.5. The minimum atomic E-state index is -0.0224. The maximum atomic E-state index is 13.2. The second kappa shape index (κ2) is 10.5. The Morgan fingerprint density at radius 3 is 2.47 bits per heavy atom. The number of aromatic nitrogens is 2. The van der Waals surface area contributed by atoms with Gasteiger partial charge in [0.15, 0.2) is 11.5 Å². The predicted molar refractivity (Wildman–Crippen MR) is 130 cm³/mol. The summed E-state index contributed by atoms with van der Waals surface area (Å²) in [6, 6.07) is 11.6. The number of methoxy groups -OCH3 is 2. The maximum absolute atomic E-state index is 13.2. The van der Waals surface area contributed by atoms with Crippen LogP contribution in [0, 0.1) is 6.92 Å². The molecular formula is C26H30N4O4. The quantitative estimate of drug-likeness (QED) is 0.524. The zero-order valence-corrected chi connectivity index (χ0v) is 20.1. The molecular weight excluding hydrogens is 432 g/mol. The highest BCUT2D eigenvalue weighted by molar-refractivity contribution is 5.96. The van der Waals surface area contributed by atoms with Gasteiger partial charge in [0.05, 0.1) is 20.8 Å². The zero-order valence-electron chi connectivity index (χ0n) is 20.1. The van der Waals surface area contributed by atoms with Crippen molar-refractivity contribution in [2.45, 2.75) is 20.4 Å². The molecule has 0 spiro atoms. The van der Waals surface area contributed by atoms with Crippen LogP contribution < -0.4 is 9.47 Å². The van der Waals surface area contributed by atoms with Crippen LogP contribution in [0.2, 0.25) is 0 Å². The van der Waals surface area contributed by atoms with E-state index in [9.17, 15) is 4.79 Å². The smallest absolute Gasteiger partial charge is 0.254 e. The standard InChI is InChI=1S/C26H30N4O4/c1-5-6-20-15-21(16-22(32-3)24(20)33-4)26(31)30-13-11-29(12-14-30)17-23-27-25(28-34-23)19-9-7-18(2)8-10-19/h5-10,15-16H,11-14,17H2,1-4H3. The molecule has 0 radical (unpaired) electrons. The van der Waals surface area contributed by atoms with Crippen molar-refractivity contribution in [3.8, 4) is 22.9 Å². The van der Waals surface area contributed by atoms with E-state index < -0.39 is 0 Å². The number of rotatable bonds is 7. The largest absolute Gasteiger partial charge is 0.493 e. The Kier molecular flexibility index (Phi) is 7.27. The van der Waals surface area contributed by atoms with Crippen LogP contribution in [0.4, 0.5) is 0 Å². The third-order valence-corrected chi connectivity index (χ3v) is 5.90. The number of carbonyl (C=O) groups excluding carboxylic acids is 1. The topological polar surface area (TPSA) is 80.9 Å². The molecule has 0 aliphatic carbocycles. The van der Waals surface area contributed by atoms with Crippen molar-refractivity contribution in [3.05, 3.63) is 65.1 Å². The summed E-state index contributed by atoms with van der Waals surface area (Å²) in [6.45, 7) is 7.21. The molecule has 1 fully saturated rings. The Morgan fingerprint density at radius 2 is 1.82 bits per heavy atom. The van der Waals surface area contributed by atoms with E-state index in [1.54, 1.807) is 20.3 Å². The Bertz CT molecular complexity index is 1160. The Labute approximate surface area is 199 Å². The molecule has 0 unspecified atom stereocenters.